The molecule has 0 aliphatic carbocycles. The van der Waals surface area contributed by atoms with Crippen LogP contribution in [0.5, 0.6) is 0 Å². The van der Waals surface area contributed by atoms with E-state index < -0.39 is 6.09 Å². The average Bonchev–Trinajstić information content (AvgIpc) is 3.41. The molecule has 1 unspecified atom stereocenters. The maximum Gasteiger partial charge on any atom is 0.417 e. The third kappa shape index (κ3) is 4.00. The van der Waals surface area contributed by atoms with Crippen molar-refractivity contribution >= 4 is 28.9 Å². The highest BCUT2D eigenvalue weighted by molar-refractivity contribution is 5.88. The molecule has 168 valence electrons. The number of hydrogen-bond acceptors (Lipinski definition) is 6. The molecule has 8 nitrogen and oxygen atoms in total. The first kappa shape index (κ1) is 20.9. The van der Waals surface area contributed by atoms with Crippen molar-refractivity contribution in [3.63, 3.8) is 0 Å². The van der Waals surface area contributed by atoms with Crippen LogP contribution in [-0.2, 0) is 4.74 Å². The van der Waals surface area contributed by atoms with Gasteiger partial charge < -0.3 is 14.6 Å². The summed E-state index contributed by atoms with van der Waals surface area (Å²) in [5, 5.41) is 4.55. The average molecular weight is 443 g/mol. The number of carbonyl (C=O) groups is 1. The van der Waals surface area contributed by atoms with E-state index in [1.807, 2.05) is 25.1 Å². The first-order chi connectivity index (χ1) is 16.0. The van der Waals surface area contributed by atoms with Crippen molar-refractivity contribution in [2.75, 3.05) is 16.8 Å². The van der Waals surface area contributed by atoms with Crippen LogP contribution in [0.2, 0.25) is 0 Å². The fourth-order valence-corrected chi connectivity index (χ4v) is 4.15. The normalized spacial score (nSPS) is 16.8. The summed E-state index contributed by atoms with van der Waals surface area (Å²) in [6.45, 7) is 6.22. The Bertz CT molecular complexity index is 1300. The van der Waals surface area contributed by atoms with Crippen LogP contribution in [0.4, 0.5) is 16.7 Å². The number of para-hydroxylation sites is 1. The highest BCUT2D eigenvalue weighted by Crippen LogP contribution is 2.27. The van der Waals surface area contributed by atoms with Crippen molar-refractivity contribution in [2.24, 2.45) is 0 Å². The molecule has 33 heavy (non-hydrogen) atoms. The lowest BCUT2D eigenvalue weighted by atomic mass is 10.1. The molecule has 1 saturated heterocycles. The number of anilines is 2. The highest BCUT2D eigenvalue weighted by atomic mass is 16.6. The molecule has 1 amide bonds. The topological polar surface area (TPSA) is 85.2 Å². The minimum Gasteiger partial charge on any atom is -0.447 e. The number of benzene rings is 2. The predicted molar refractivity (Wildman–Crippen MR) is 128 cm³/mol. The largest absolute Gasteiger partial charge is 0.447 e. The smallest absolute Gasteiger partial charge is 0.417 e. The van der Waals surface area contributed by atoms with Crippen molar-refractivity contribution in [3.8, 4) is 5.69 Å². The lowest BCUT2D eigenvalue weighted by molar-refractivity contribution is 0.178. The van der Waals surface area contributed by atoms with Gasteiger partial charge in [-0.25, -0.2) is 9.69 Å². The van der Waals surface area contributed by atoms with E-state index in [0.29, 0.717) is 24.3 Å². The number of carbonyl (C=O) groups excluding carboxylic acids is 1. The monoisotopic (exact) mass is 442 g/mol. The number of ether oxygens (including phenoxy) is 1. The van der Waals surface area contributed by atoms with Gasteiger partial charge in [-0.05, 0) is 55.5 Å². The second-order valence-corrected chi connectivity index (χ2v) is 8.22. The van der Waals surface area contributed by atoms with Crippen LogP contribution in [0.25, 0.3) is 16.6 Å². The first-order valence-electron chi connectivity index (χ1n) is 11.1. The van der Waals surface area contributed by atoms with Gasteiger partial charge in [0, 0.05) is 11.9 Å². The van der Waals surface area contributed by atoms with Crippen molar-refractivity contribution in [1.82, 2.24) is 19.5 Å². The van der Waals surface area contributed by atoms with Crippen LogP contribution in [0.1, 0.15) is 37.7 Å². The number of cyclic esters (lactones) is 1. The van der Waals surface area contributed by atoms with Gasteiger partial charge in [-0.1, -0.05) is 37.3 Å². The van der Waals surface area contributed by atoms with E-state index in [9.17, 15) is 4.79 Å². The van der Waals surface area contributed by atoms with Gasteiger partial charge in [-0.3, -0.25) is 0 Å². The maximum atomic E-state index is 12.2. The SMILES string of the molecule is CCC1COC(=O)N1c1nc(C)nc(N[C@@H](C)c2ccc3ccn(-c4ccccc4)c3c2)n1. The zero-order chi connectivity index (χ0) is 22.9. The Labute approximate surface area is 192 Å². The standard InChI is InChI=1S/C25H26N6O2/c1-4-20-15-33-25(32)31(20)24-28-17(3)27-23(29-24)26-16(2)19-11-10-18-12-13-30(22(18)14-19)21-8-6-5-7-9-21/h5-14,16,20H,4,15H2,1-3H3,(H,26,27,28,29)/t16-,20?/m0/s1. The number of amides is 1. The summed E-state index contributed by atoms with van der Waals surface area (Å²) >= 11 is 0. The fourth-order valence-electron chi connectivity index (χ4n) is 4.15. The van der Waals surface area contributed by atoms with Crippen molar-refractivity contribution in [1.29, 1.82) is 0 Å². The van der Waals surface area contributed by atoms with Crippen LogP contribution >= 0.6 is 0 Å². The number of fused-ring (bicyclic) bond motifs is 1. The van der Waals surface area contributed by atoms with Crippen molar-refractivity contribution < 1.29 is 9.53 Å². The molecular formula is C25H26N6O2. The molecule has 0 radical (unpaired) electrons. The van der Waals surface area contributed by atoms with Gasteiger partial charge in [0.2, 0.25) is 11.9 Å². The molecule has 2 atom stereocenters. The molecule has 1 N–H and O–H groups in total. The van der Waals surface area contributed by atoms with Crippen LogP contribution in [0, 0.1) is 6.92 Å². The number of nitrogens with one attached hydrogen (secondary N) is 1. The van der Waals surface area contributed by atoms with E-state index in [-0.39, 0.29) is 12.1 Å². The molecule has 4 aromatic rings. The Morgan fingerprint density at radius 1 is 1.12 bits per heavy atom. The molecule has 0 spiro atoms. The molecule has 2 aromatic heterocycles. The van der Waals surface area contributed by atoms with E-state index in [4.69, 9.17) is 4.74 Å². The van der Waals surface area contributed by atoms with E-state index in [0.717, 1.165) is 23.2 Å². The summed E-state index contributed by atoms with van der Waals surface area (Å²) in [7, 11) is 0. The van der Waals surface area contributed by atoms with Gasteiger partial charge in [-0.15, -0.1) is 0 Å². The fraction of sp³-hybridized carbons (Fsp3) is 0.280. The molecular weight excluding hydrogens is 416 g/mol. The third-order valence-corrected chi connectivity index (χ3v) is 5.98. The second-order valence-electron chi connectivity index (χ2n) is 8.22. The Balaban J connectivity index is 1.43. The Hall–Kier alpha value is -3.94. The lowest BCUT2D eigenvalue weighted by Gasteiger charge is -2.20. The zero-order valence-electron chi connectivity index (χ0n) is 18.9. The predicted octanol–water partition coefficient (Wildman–Crippen LogP) is 5.03. The summed E-state index contributed by atoms with van der Waals surface area (Å²) in [6, 6.07) is 18.7. The molecule has 1 fully saturated rings. The van der Waals surface area contributed by atoms with E-state index >= 15 is 0 Å². The molecule has 3 heterocycles. The van der Waals surface area contributed by atoms with E-state index in [1.165, 1.54) is 10.3 Å². The minimum absolute atomic E-state index is 0.0596. The third-order valence-electron chi connectivity index (χ3n) is 5.98. The number of aromatic nitrogens is 4. The van der Waals surface area contributed by atoms with Gasteiger partial charge in [0.25, 0.3) is 0 Å². The number of aryl methyl sites for hydroxylation is 1. The quantitative estimate of drug-likeness (QED) is 0.451. The second kappa shape index (κ2) is 8.54. The minimum atomic E-state index is -0.418. The first-order valence-corrected chi connectivity index (χ1v) is 11.1. The maximum absolute atomic E-state index is 12.2. The molecule has 0 bridgehead atoms. The highest BCUT2D eigenvalue weighted by Gasteiger charge is 2.35. The summed E-state index contributed by atoms with van der Waals surface area (Å²) < 4.78 is 7.38. The molecule has 0 saturated carbocycles. The van der Waals surface area contributed by atoms with Crippen molar-refractivity contribution in [3.05, 3.63) is 72.2 Å². The Morgan fingerprint density at radius 3 is 2.73 bits per heavy atom. The molecule has 1 aliphatic heterocycles. The molecule has 1 aliphatic rings. The number of nitrogens with zero attached hydrogens (tertiary/aromatic N) is 5. The number of hydrogen-bond donors (Lipinski definition) is 1. The van der Waals surface area contributed by atoms with Gasteiger partial charge in [0.15, 0.2) is 0 Å². The van der Waals surface area contributed by atoms with Crippen LogP contribution in [0.3, 0.4) is 0 Å². The van der Waals surface area contributed by atoms with Crippen LogP contribution in [-0.4, -0.2) is 38.3 Å². The van der Waals surface area contributed by atoms with Gasteiger partial charge in [0.05, 0.1) is 17.6 Å². The summed E-state index contributed by atoms with van der Waals surface area (Å²) in [5.74, 6) is 1.29. The van der Waals surface area contributed by atoms with E-state index in [2.05, 4.69) is 74.4 Å². The molecule has 8 heteroatoms. The van der Waals surface area contributed by atoms with Gasteiger partial charge >= 0.3 is 6.09 Å². The number of rotatable bonds is 6. The summed E-state index contributed by atoms with van der Waals surface area (Å²) in [4.78, 5) is 27.1. The Kier molecular flexibility index (Phi) is 5.42. The van der Waals surface area contributed by atoms with Gasteiger partial charge in [-0.2, -0.15) is 15.0 Å². The summed E-state index contributed by atoms with van der Waals surface area (Å²) in [6.07, 6.45) is 2.43. The summed E-state index contributed by atoms with van der Waals surface area (Å²) in [5.41, 5.74) is 3.35. The van der Waals surface area contributed by atoms with Crippen molar-refractivity contribution in [2.45, 2.75) is 39.3 Å². The van der Waals surface area contributed by atoms with E-state index in [1.54, 1.807) is 6.92 Å². The van der Waals surface area contributed by atoms with Gasteiger partial charge in [0.1, 0.15) is 12.4 Å². The zero-order valence-corrected chi connectivity index (χ0v) is 18.9. The lowest BCUT2D eigenvalue weighted by Crippen LogP contribution is -2.34. The molecule has 2 aromatic carbocycles. The van der Waals surface area contributed by atoms with Crippen LogP contribution < -0.4 is 10.2 Å². The van der Waals surface area contributed by atoms with Crippen LogP contribution in [0.15, 0.2) is 60.8 Å². The Morgan fingerprint density at radius 2 is 1.94 bits per heavy atom. The molecule has 5 rings (SSSR count).